The summed E-state index contributed by atoms with van der Waals surface area (Å²) >= 11 is 0. The molecule has 7 nitrogen and oxygen atoms in total. The van der Waals surface area contributed by atoms with Crippen LogP contribution in [0.15, 0.2) is 54.7 Å². The van der Waals surface area contributed by atoms with Gasteiger partial charge in [0, 0.05) is 31.5 Å². The number of nitrogens with one attached hydrogen (secondary N) is 1. The van der Waals surface area contributed by atoms with Crippen LogP contribution in [-0.2, 0) is 4.79 Å². The average molecular weight is 378 g/mol. The monoisotopic (exact) mass is 378 g/mol. The fraction of sp³-hybridized carbons (Fsp3) is 0.190. The van der Waals surface area contributed by atoms with Crippen LogP contribution in [-0.4, -0.2) is 35.8 Å². The SMILES string of the molecule is COc1ccc(C)cc1-n1ccc(C(=O)Nc2ccc(N(C)C(C)=O)cc2)n1. The molecule has 28 heavy (non-hydrogen) atoms. The van der Waals surface area contributed by atoms with Gasteiger partial charge in [0.15, 0.2) is 5.69 Å². The van der Waals surface area contributed by atoms with Crippen LogP contribution in [0.4, 0.5) is 11.4 Å². The Hall–Kier alpha value is -3.61. The van der Waals surface area contributed by atoms with Crippen LogP contribution in [0.3, 0.4) is 0 Å². The number of aryl methyl sites for hydroxylation is 1. The van der Waals surface area contributed by atoms with Crippen molar-refractivity contribution < 1.29 is 14.3 Å². The zero-order valence-corrected chi connectivity index (χ0v) is 16.3. The molecule has 0 saturated carbocycles. The van der Waals surface area contributed by atoms with Crippen LogP contribution in [0, 0.1) is 6.92 Å². The summed E-state index contributed by atoms with van der Waals surface area (Å²) in [5, 5.41) is 7.18. The minimum Gasteiger partial charge on any atom is -0.494 e. The zero-order chi connectivity index (χ0) is 20.3. The Bertz CT molecular complexity index is 1010. The van der Waals surface area contributed by atoms with Gasteiger partial charge in [-0.15, -0.1) is 0 Å². The molecule has 0 atom stereocenters. The van der Waals surface area contributed by atoms with Gasteiger partial charge < -0.3 is 15.0 Å². The Balaban J connectivity index is 1.76. The highest BCUT2D eigenvalue weighted by atomic mass is 16.5. The van der Waals surface area contributed by atoms with Crippen LogP contribution < -0.4 is 15.0 Å². The van der Waals surface area contributed by atoms with Crippen LogP contribution in [0.1, 0.15) is 23.0 Å². The minimum atomic E-state index is -0.321. The lowest BCUT2D eigenvalue weighted by Crippen LogP contribution is -2.22. The van der Waals surface area contributed by atoms with E-state index in [1.807, 2.05) is 25.1 Å². The number of hydrogen-bond donors (Lipinski definition) is 1. The van der Waals surface area contributed by atoms with E-state index in [0.717, 1.165) is 16.9 Å². The second-order valence-electron chi connectivity index (χ2n) is 6.40. The number of nitrogens with zero attached hydrogens (tertiary/aromatic N) is 3. The molecule has 0 radical (unpaired) electrons. The van der Waals surface area contributed by atoms with E-state index in [-0.39, 0.29) is 17.5 Å². The van der Waals surface area contributed by atoms with Crippen molar-refractivity contribution in [1.29, 1.82) is 0 Å². The normalized spacial score (nSPS) is 10.4. The number of benzene rings is 2. The van der Waals surface area contributed by atoms with E-state index in [9.17, 15) is 9.59 Å². The van der Waals surface area contributed by atoms with E-state index < -0.39 is 0 Å². The number of methoxy groups -OCH3 is 1. The molecule has 0 unspecified atom stereocenters. The topological polar surface area (TPSA) is 76.5 Å². The summed E-state index contributed by atoms with van der Waals surface area (Å²) in [6, 6.07) is 14.4. The Labute approximate surface area is 163 Å². The largest absolute Gasteiger partial charge is 0.494 e. The highest BCUT2D eigenvalue weighted by molar-refractivity contribution is 6.03. The third kappa shape index (κ3) is 4.03. The van der Waals surface area contributed by atoms with Gasteiger partial charge in [-0.2, -0.15) is 5.10 Å². The van der Waals surface area contributed by atoms with Gasteiger partial charge in [-0.3, -0.25) is 9.59 Å². The van der Waals surface area contributed by atoms with Crippen molar-refractivity contribution in [2.75, 3.05) is 24.4 Å². The standard InChI is InChI=1S/C21H22N4O3/c1-14-5-10-20(28-4)19(13-14)25-12-11-18(23-25)21(27)22-16-6-8-17(9-7-16)24(3)15(2)26/h5-13H,1-4H3,(H,22,27). The molecule has 3 aromatic rings. The first-order valence-electron chi connectivity index (χ1n) is 8.75. The summed E-state index contributed by atoms with van der Waals surface area (Å²) in [7, 11) is 3.29. The third-order valence-corrected chi connectivity index (χ3v) is 4.39. The number of carbonyl (C=O) groups is 2. The molecular formula is C21H22N4O3. The molecule has 3 rings (SSSR count). The lowest BCUT2D eigenvalue weighted by Gasteiger charge is -2.15. The molecule has 0 fully saturated rings. The maximum absolute atomic E-state index is 12.5. The summed E-state index contributed by atoms with van der Waals surface area (Å²) in [5.41, 5.74) is 3.48. The maximum atomic E-state index is 12.5. The Morgan fingerprint density at radius 3 is 2.46 bits per heavy atom. The van der Waals surface area contributed by atoms with E-state index in [2.05, 4.69) is 10.4 Å². The van der Waals surface area contributed by atoms with Crippen LogP contribution in [0.2, 0.25) is 0 Å². The quantitative estimate of drug-likeness (QED) is 0.738. The summed E-state index contributed by atoms with van der Waals surface area (Å²) in [6.45, 7) is 3.47. The molecule has 7 heteroatoms. The van der Waals surface area contributed by atoms with Gasteiger partial charge in [0.05, 0.1) is 7.11 Å². The van der Waals surface area contributed by atoms with Crippen molar-refractivity contribution in [1.82, 2.24) is 9.78 Å². The first-order valence-corrected chi connectivity index (χ1v) is 8.75. The lowest BCUT2D eigenvalue weighted by molar-refractivity contribution is -0.116. The third-order valence-electron chi connectivity index (χ3n) is 4.39. The molecule has 2 amide bonds. The van der Waals surface area contributed by atoms with Crippen molar-refractivity contribution >= 4 is 23.2 Å². The lowest BCUT2D eigenvalue weighted by atomic mass is 10.2. The van der Waals surface area contributed by atoms with Gasteiger partial charge in [0.2, 0.25) is 5.91 Å². The average Bonchev–Trinajstić information content (AvgIpc) is 3.18. The van der Waals surface area contributed by atoms with Gasteiger partial charge in [-0.25, -0.2) is 4.68 Å². The second-order valence-corrected chi connectivity index (χ2v) is 6.40. The highest BCUT2D eigenvalue weighted by Gasteiger charge is 2.13. The predicted octanol–water partition coefficient (Wildman–Crippen LogP) is 3.42. The molecular weight excluding hydrogens is 356 g/mol. The van der Waals surface area contributed by atoms with E-state index >= 15 is 0 Å². The molecule has 144 valence electrons. The van der Waals surface area contributed by atoms with Gasteiger partial charge in [0.25, 0.3) is 5.91 Å². The predicted molar refractivity (Wildman–Crippen MR) is 108 cm³/mol. The van der Waals surface area contributed by atoms with Crippen molar-refractivity contribution in [2.24, 2.45) is 0 Å². The molecule has 1 aromatic heterocycles. The molecule has 1 heterocycles. The van der Waals surface area contributed by atoms with E-state index in [4.69, 9.17) is 4.74 Å². The number of carbonyl (C=O) groups excluding carboxylic acids is 2. The summed E-state index contributed by atoms with van der Waals surface area (Å²) < 4.78 is 6.99. The van der Waals surface area contributed by atoms with E-state index in [1.165, 1.54) is 11.8 Å². The number of ether oxygens (including phenoxy) is 1. The molecule has 0 aliphatic carbocycles. The fourth-order valence-corrected chi connectivity index (χ4v) is 2.70. The van der Waals surface area contributed by atoms with Crippen LogP contribution in [0.5, 0.6) is 5.75 Å². The Morgan fingerprint density at radius 2 is 1.82 bits per heavy atom. The van der Waals surface area contributed by atoms with E-state index in [1.54, 1.807) is 55.4 Å². The first-order chi connectivity index (χ1) is 13.4. The highest BCUT2D eigenvalue weighted by Crippen LogP contribution is 2.24. The zero-order valence-electron chi connectivity index (χ0n) is 16.3. The smallest absolute Gasteiger partial charge is 0.276 e. The molecule has 1 N–H and O–H groups in total. The van der Waals surface area contributed by atoms with Crippen LogP contribution in [0.25, 0.3) is 5.69 Å². The Kier molecular flexibility index (Phi) is 5.44. The molecule has 0 saturated heterocycles. The minimum absolute atomic E-state index is 0.0612. The number of rotatable bonds is 5. The summed E-state index contributed by atoms with van der Waals surface area (Å²) in [6.07, 6.45) is 1.72. The first kappa shape index (κ1) is 19.2. The van der Waals surface area contributed by atoms with Crippen molar-refractivity contribution in [2.45, 2.75) is 13.8 Å². The van der Waals surface area contributed by atoms with Crippen molar-refractivity contribution in [3.8, 4) is 11.4 Å². The number of anilines is 2. The number of amides is 2. The number of aromatic nitrogens is 2. The Morgan fingerprint density at radius 1 is 1.11 bits per heavy atom. The number of hydrogen-bond acceptors (Lipinski definition) is 4. The fourth-order valence-electron chi connectivity index (χ4n) is 2.70. The van der Waals surface area contributed by atoms with Crippen molar-refractivity contribution in [3.05, 3.63) is 66.0 Å². The van der Waals surface area contributed by atoms with E-state index in [0.29, 0.717) is 11.4 Å². The maximum Gasteiger partial charge on any atom is 0.276 e. The van der Waals surface area contributed by atoms with Crippen LogP contribution >= 0.6 is 0 Å². The summed E-state index contributed by atoms with van der Waals surface area (Å²) in [5.74, 6) is 0.290. The van der Waals surface area contributed by atoms with Gasteiger partial charge in [-0.1, -0.05) is 6.07 Å². The second kappa shape index (κ2) is 7.96. The molecule has 0 spiro atoms. The molecule has 0 bridgehead atoms. The van der Waals surface area contributed by atoms with Gasteiger partial charge in [0.1, 0.15) is 11.4 Å². The molecule has 0 aliphatic rings. The van der Waals surface area contributed by atoms with Crippen molar-refractivity contribution in [3.63, 3.8) is 0 Å². The molecule has 2 aromatic carbocycles. The molecule has 0 aliphatic heterocycles. The van der Waals surface area contributed by atoms with Gasteiger partial charge >= 0.3 is 0 Å². The van der Waals surface area contributed by atoms with Gasteiger partial charge in [-0.05, 0) is 55.0 Å². The summed E-state index contributed by atoms with van der Waals surface area (Å²) in [4.78, 5) is 25.5.